The maximum Gasteiger partial charge on any atom is 0.338 e. The Morgan fingerprint density at radius 2 is 1.97 bits per heavy atom. The zero-order valence-electron chi connectivity index (χ0n) is 19.7. The molecule has 0 N–H and O–H groups in total. The summed E-state index contributed by atoms with van der Waals surface area (Å²) in [7, 11) is 3.86. The van der Waals surface area contributed by atoms with Crippen molar-refractivity contribution in [2.24, 2.45) is 4.99 Å². The molecule has 10 heteroatoms. The van der Waals surface area contributed by atoms with Crippen LogP contribution in [0.4, 0.5) is 11.4 Å². The van der Waals surface area contributed by atoms with E-state index in [0.29, 0.717) is 26.2 Å². The van der Waals surface area contributed by atoms with Crippen molar-refractivity contribution < 1.29 is 14.5 Å². The average Bonchev–Trinajstić information content (AvgIpc) is 3.12. The molecule has 0 radical (unpaired) electrons. The van der Waals surface area contributed by atoms with Gasteiger partial charge in [0.1, 0.15) is 0 Å². The first-order valence-corrected chi connectivity index (χ1v) is 11.7. The number of esters is 1. The number of allylic oxidation sites excluding steroid dienone is 1. The van der Waals surface area contributed by atoms with Gasteiger partial charge >= 0.3 is 5.97 Å². The summed E-state index contributed by atoms with van der Waals surface area (Å²) in [6.07, 6.45) is 1.60. The lowest BCUT2D eigenvalue weighted by Gasteiger charge is -2.25. The van der Waals surface area contributed by atoms with Gasteiger partial charge in [0.15, 0.2) is 4.80 Å². The van der Waals surface area contributed by atoms with Gasteiger partial charge in [-0.3, -0.25) is 19.5 Å². The highest BCUT2D eigenvalue weighted by molar-refractivity contribution is 7.07. The van der Waals surface area contributed by atoms with Gasteiger partial charge in [-0.05, 0) is 43.2 Å². The first kappa shape index (κ1) is 24.1. The summed E-state index contributed by atoms with van der Waals surface area (Å²) in [6, 6.07) is 13.0. The van der Waals surface area contributed by atoms with Crippen LogP contribution in [0.3, 0.4) is 0 Å². The Bertz CT molecular complexity index is 1520. The highest BCUT2D eigenvalue weighted by Crippen LogP contribution is 2.31. The molecule has 1 aliphatic heterocycles. The van der Waals surface area contributed by atoms with E-state index < -0.39 is 16.9 Å². The Balaban J connectivity index is 1.92. The number of nitrogens with zero attached hydrogens (tertiary/aromatic N) is 4. The minimum atomic E-state index is -0.714. The monoisotopic (exact) mass is 492 g/mol. The SMILES string of the molecule is CCOC(=O)C1=C(C)N=c2s/c(=C/c3cccc([N+](=O)[O-])c3)c(=O)n2C1c1ccc(N(C)C)cc1. The van der Waals surface area contributed by atoms with Crippen molar-refractivity contribution in [3.8, 4) is 0 Å². The third-order valence-electron chi connectivity index (χ3n) is 5.62. The molecule has 2 aromatic carbocycles. The molecule has 0 bridgehead atoms. The molecule has 9 nitrogen and oxygen atoms in total. The van der Waals surface area contributed by atoms with E-state index in [4.69, 9.17) is 4.74 Å². The van der Waals surface area contributed by atoms with Crippen LogP contribution in [0.25, 0.3) is 6.08 Å². The third-order valence-corrected chi connectivity index (χ3v) is 6.60. The van der Waals surface area contributed by atoms with Crippen LogP contribution in [0.5, 0.6) is 0 Å². The minimum Gasteiger partial charge on any atom is -0.463 e. The standard InChI is InChI=1S/C25H24N4O5S/c1-5-34-24(31)21-15(2)26-25-28(22(21)17-9-11-18(12-10-17)27(3)4)23(30)20(35-25)14-16-7-6-8-19(13-16)29(32)33/h6-14,22H,5H2,1-4H3/b20-14+. The van der Waals surface area contributed by atoms with E-state index >= 15 is 0 Å². The number of non-ortho nitro benzene ring substituents is 1. The lowest BCUT2D eigenvalue weighted by Crippen LogP contribution is -2.39. The Morgan fingerprint density at radius 1 is 1.26 bits per heavy atom. The van der Waals surface area contributed by atoms with Crippen molar-refractivity contribution in [1.29, 1.82) is 0 Å². The molecular weight excluding hydrogens is 468 g/mol. The summed E-state index contributed by atoms with van der Waals surface area (Å²) in [6.45, 7) is 3.65. The Morgan fingerprint density at radius 3 is 2.60 bits per heavy atom. The molecule has 0 amide bonds. The number of rotatable bonds is 6. The van der Waals surface area contributed by atoms with E-state index in [-0.39, 0.29) is 17.9 Å². The molecule has 1 unspecified atom stereocenters. The number of hydrogen-bond acceptors (Lipinski definition) is 8. The number of nitro groups is 1. The van der Waals surface area contributed by atoms with Gasteiger partial charge in [0.05, 0.1) is 33.4 Å². The van der Waals surface area contributed by atoms with Crippen molar-refractivity contribution in [2.75, 3.05) is 25.6 Å². The number of anilines is 1. The quantitative estimate of drug-likeness (QED) is 0.298. The van der Waals surface area contributed by atoms with Crippen LogP contribution in [-0.4, -0.2) is 36.2 Å². The molecule has 1 aliphatic rings. The second-order valence-corrected chi connectivity index (χ2v) is 9.15. The second-order valence-electron chi connectivity index (χ2n) is 8.14. The van der Waals surface area contributed by atoms with Crippen LogP contribution < -0.4 is 19.8 Å². The highest BCUT2D eigenvalue weighted by atomic mass is 32.1. The zero-order chi connectivity index (χ0) is 25.3. The summed E-state index contributed by atoms with van der Waals surface area (Å²) in [5.74, 6) is -0.525. The molecule has 0 saturated heterocycles. The summed E-state index contributed by atoms with van der Waals surface area (Å²) < 4.78 is 7.17. The van der Waals surface area contributed by atoms with E-state index in [1.807, 2.05) is 43.3 Å². The molecule has 0 fully saturated rings. The van der Waals surface area contributed by atoms with Gasteiger partial charge in [0, 0.05) is 31.9 Å². The molecule has 35 heavy (non-hydrogen) atoms. The van der Waals surface area contributed by atoms with Gasteiger partial charge in [-0.2, -0.15) is 0 Å². The number of carbonyl (C=O) groups excluding carboxylic acids is 1. The number of aromatic nitrogens is 1. The Hall–Kier alpha value is -4.05. The number of hydrogen-bond donors (Lipinski definition) is 0. The number of ether oxygens (including phenoxy) is 1. The van der Waals surface area contributed by atoms with Crippen LogP contribution in [0.2, 0.25) is 0 Å². The fourth-order valence-corrected chi connectivity index (χ4v) is 4.99. The van der Waals surface area contributed by atoms with E-state index in [9.17, 15) is 19.7 Å². The lowest BCUT2D eigenvalue weighted by atomic mass is 9.95. The predicted octanol–water partition coefficient (Wildman–Crippen LogP) is 2.77. The fourth-order valence-electron chi connectivity index (χ4n) is 3.94. The van der Waals surface area contributed by atoms with Crippen molar-refractivity contribution >= 4 is 34.8 Å². The number of benzene rings is 2. The maximum atomic E-state index is 13.6. The summed E-state index contributed by atoms with van der Waals surface area (Å²) in [5.41, 5.74) is 2.63. The summed E-state index contributed by atoms with van der Waals surface area (Å²) in [4.78, 5) is 44.2. The van der Waals surface area contributed by atoms with Crippen molar-refractivity contribution in [3.63, 3.8) is 0 Å². The second kappa shape index (κ2) is 9.67. The van der Waals surface area contributed by atoms with Crippen LogP contribution in [-0.2, 0) is 9.53 Å². The van der Waals surface area contributed by atoms with Gasteiger partial charge in [0.2, 0.25) is 0 Å². The smallest absolute Gasteiger partial charge is 0.338 e. The van der Waals surface area contributed by atoms with Gasteiger partial charge in [0.25, 0.3) is 11.2 Å². The number of fused-ring (bicyclic) bond motifs is 1. The van der Waals surface area contributed by atoms with Gasteiger partial charge in [-0.25, -0.2) is 9.79 Å². The zero-order valence-corrected chi connectivity index (χ0v) is 20.5. The molecule has 1 aromatic heterocycles. The molecule has 0 saturated carbocycles. The van der Waals surface area contributed by atoms with E-state index in [1.165, 1.54) is 28.0 Å². The molecule has 3 aromatic rings. The van der Waals surface area contributed by atoms with E-state index in [1.54, 1.807) is 32.1 Å². The number of nitro benzene ring substituents is 1. The van der Waals surface area contributed by atoms with Crippen molar-refractivity contribution in [2.45, 2.75) is 19.9 Å². The largest absolute Gasteiger partial charge is 0.463 e. The molecule has 4 rings (SSSR count). The average molecular weight is 493 g/mol. The maximum absolute atomic E-state index is 13.6. The third kappa shape index (κ3) is 4.65. The molecule has 180 valence electrons. The molecule has 0 spiro atoms. The minimum absolute atomic E-state index is 0.0641. The van der Waals surface area contributed by atoms with Crippen LogP contribution >= 0.6 is 11.3 Å². The van der Waals surface area contributed by atoms with E-state index in [2.05, 4.69) is 4.99 Å². The van der Waals surface area contributed by atoms with Crippen molar-refractivity contribution in [3.05, 3.63) is 101 Å². The molecular formula is C25H24N4O5S. The van der Waals surface area contributed by atoms with Crippen LogP contribution in [0, 0.1) is 10.1 Å². The highest BCUT2D eigenvalue weighted by Gasteiger charge is 2.33. The first-order chi connectivity index (χ1) is 16.7. The summed E-state index contributed by atoms with van der Waals surface area (Å²) in [5, 5.41) is 11.1. The summed E-state index contributed by atoms with van der Waals surface area (Å²) >= 11 is 1.17. The first-order valence-electron chi connectivity index (χ1n) is 10.9. The van der Waals surface area contributed by atoms with Gasteiger partial charge in [-0.1, -0.05) is 35.6 Å². The normalized spacial score (nSPS) is 15.4. The number of carbonyl (C=O) groups is 1. The van der Waals surface area contributed by atoms with E-state index in [0.717, 1.165) is 11.3 Å². The Kier molecular flexibility index (Phi) is 6.65. The lowest BCUT2D eigenvalue weighted by molar-refractivity contribution is -0.384. The Labute approximate surface area is 205 Å². The molecule has 2 heterocycles. The number of thiazole rings is 1. The van der Waals surface area contributed by atoms with Gasteiger partial charge < -0.3 is 9.64 Å². The molecule has 0 aliphatic carbocycles. The van der Waals surface area contributed by atoms with Crippen LogP contribution in [0.1, 0.15) is 31.0 Å². The fraction of sp³-hybridized carbons (Fsp3) is 0.240. The van der Waals surface area contributed by atoms with Gasteiger partial charge in [-0.15, -0.1) is 0 Å². The van der Waals surface area contributed by atoms with Crippen molar-refractivity contribution in [1.82, 2.24) is 4.57 Å². The predicted molar refractivity (Wildman–Crippen MR) is 134 cm³/mol. The molecule has 1 atom stereocenters. The topological polar surface area (TPSA) is 107 Å². The van der Waals surface area contributed by atoms with Crippen LogP contribution in [0.15, 0.2) is 69.6 Å².